The number of carbonyl (C=O) groups excluding carboxylic acids is 1. The van der Waals surface area contributed by atoms with Crippen LogP contribution in [0.4, 0.5) is 11.4 Å². The topological polar surface area (TPSA) is 69.7 Å². The molecule has 0 aromatic heterocycles. The Bertz CT molecular complexity index is 693. The van der Waals surface area contributed by atoms with Gasteiger partial charge < -0.3 is 10.2 Å². The molecule has 7 heteroatoms. The molecule has 1 saturated carbocycles. The third-order valence-electron chi connectivity index (χ3n) is 4.74. The van der Waals surface area contributed by atoms with Gasteiger partial charge in [0.1, 0.15) is 0 Å². The molecule has 0 unspecified atom stereocenters. The summed E-state index contributed by atoms with van der Waals surface area (Å²) in [6, 6.07) is 7.92. The molecule has 0 atom stereocenters. The molecule has 1 N–H and O–H groups in total. The van der Waals surface area contributed by atoms with Crippen molar-refractivity contribution in [1.29, 1.82) is 0 Å². The van der Waals surface area contributed by atoms with E-state index in [9.17, 15) is 13.2 Å². The second-order valence-corrected chi connectivity index (χ2v) is 8.90. The quantitative estimate of drug-likeness (QED) is 0.803. The Morgan fingerprint density at radius 3 is 2.36 bits per heavy atom. The van der Waals surface area contributed by atoms with Gasteiger partial charge in [-0.2, -0.15) is 0 Å². The summed E-state index contributed by atoms with van der Waals surface area (Å²) in [5.41, 5.74) is 1.74. The fraction of sp³-hybridized carbons (Fsp3) is 0.611. The molecule has 0 bridgehead atoms. The minimum absolute atomic E-state index is 0.0823. The number of anilines is 2. The first-order chi connectivity index (χ1) is 11.9. The Morgan fingerprint density at radius 1 is 1.16 bits per heavy atom. The summed E-state index contributed by atoms with van der Waals surface area (Å²) in [4.78, 5) is 14.2. The van der Waals surface area contributed by atoms with Gasteiger partial charge in [-0.3, -0.25) is 9.10 Å². The second-order valence-electron chi connectivity index (χ2n) is 6.99. The monoisotopic (exact) mass is 365 g/mol. The molecule has 1 aliphatic heterocycles. The summed E-state index contributed by atoms with van der Waals surface area (Å²) >= 11 is 0. The molecule has 1 aromatic rings. The number of carbonyl (C=O) groups is 1. The van der Waals surface area contributed by atoms with Crippen LogP contribution in [-0.2, 0) is 14.8 Å². The Hall–Kier alpha value is -1.76. The zero-order valence-electron chi connectivity index (χ0n) is 14.8. The third-order valence-corrected chi connectivity index (χ3v) is 5.94. The molecule has 1 saturated heterocycles. The largest absolute Gasteiger partial charge is 0.372 e. The van der Waals surface area contributed by atoms with Gasteiger partial charge in [0.2, 0.25) is 15.9 Å². The average Bonchev–Trinajstić information content (AvgIpc) is 3.39. The van der Waals surface area contributed by atoms with Crippen LogP contribution in [0.5, 0.6) is 0 Å². The Labute approximate surface area is 150 Å². The van der Waals surface area contributed by atoms with Crippen molar-refractivity contribution < 1.29 is 13.2 Å². The highest BCUT2D eigenvalue weighted by Crippen LogP contribution is 2.25. The molecule has 3 rings (SSSR count). The van der Waals surface area contributed by atoms with Crippen molar-refractivity contribution in [2.75, 3.05) is 35.1 Å². The van der Waals surface area contributed by atoms with E-state index in [1.54, 1.807) is 0 Å². The van der Waals surface area contributed by atoms with E-state index in [0.717, 1.165) is 31.6 Å². The van der Waals surface area contributed by atoms with Crippen molar-refractivity contribution in [3.63, 3.8) is 0 Å². The van der Waals surface area contributed by atoms with Gasteiger partial charge in [-0.05, 0) is 56.4 Å². The zero-order valence-corrected chi connectivity index (χ0v) is 15.6. The smallest absolute Gasteiger partial charge is 0.232 e. The maximum Gasteiger partial charge on any atom is 0.232 e. The van der Waals surface area contributed by atoms with Gasteiger partial charge in [-0.15, -0.1) is 0 Å². The Balaban J connectivity index is 1.66. The van der Waals surface area contributed by atoms with Crippen LogP contribution in [0.25, 0.3) is 0 Å². The number of hydrogen-bond acceptors (Lipinski definition) is 4. The predicted octanol–water partition coefficient (Wildman–Crippen LogP) is 2.11. The van der Waals surface area contributed by atoms with E-state index in [1.807, 2.05) is 24.3 Å². The first-order valence-corrected chi connectivity index (χ1v) is 10.9. The lowest BCUT2D eigenvalue weighted by atomic mass is 10.1. The molecule has 0 radical (unpaired) electrons. The lowest BCUT2D eigenvalue weighted by Gasteiger charge is -2.29. The SMILES string of the molecule is CS(=O)(=O)N(CCC(=O)NC1CC1)c1ccc(N2CCCCC2)cc1. The van der Waals surface area contributed by atoms with Gasteiger partial charge in [0.05, 0.1) is 11.9 Å². The first-order valence-electron chi connectivity index (χ1n) is 9.05. The molecular formula is C18H27N3O3S. The van der Waals surface area contributed by atoms with Crippen molar-refractivity contribution >= 4 is 27.3 Å². The first kappa shape index (κ1) is 18.0. The van der Waals surface area contributed by atoms with Gasteiger partial charge in [-0.1, -0.05) is 0 Å². The third kappa shape index (κ3) is 5.11. The van der Waals surface area contributed by atoms with Gasteiger partial charge in [0.15, 0.2) is 0 Å². The van der Waals surface area contributed by atoms with Crippen molar-refractivity contribution in [2.24, 2.45) is 0 Å². The maximum absolute atomic E-state index is 12.1. The molecule has 2 aliphatic rings. The van der Waals surface area contributed by atoms with E-state index in [-0.39, 0.29) is 18.9 Å². The highest BCUT2D eigenvalue weighted by Gasteiger charge is 2.24. The minimum atomic E-state index is -3.42. The lowest BCUT2D eigenvalue weighted by molar-refractivity contribution is -0.121. The van der Waals surface area contributed by atoms with Gasteiger partial charge in [0, 0.05) is 37.8 Å². The maximum atomic E-state index is 12.1. The summed E-state index contributed by atoms with van der Waals surface area (Å²) < 4.78 is 25.6. The summed E-state index contributed by atoms with van der Waals surface area (Å²) in [6.07, 6.45) is 7.10. The molecule has 1 aromatic carbocycles. The zero-order chi connectivity index (χ0) is 17.9. The highest BCUT2D eigenvalue weighted by atomic mass is 32.2. The molecule has 6 nitrogen and oxygen atoms in total. The van der Waals surface area contributed by atoms with Crippen LogP contribution >= 0.6 is 0 Å². The number of amides is 1. The van der Waals surface area contributed by atoms with E-state index >= 15 is 0 Å². The molecule has 2 fully saturated rings. The van der Waals surface area contributed by atoms with Gasteiger partial charge in [0.25, 0.3) is 0 Å². The van der Waals surface area contributed by atoms with Crippen molar-refractivity contribution in [2.45, 2.75) is 44.6 Å². The van der Waals surface area contributed by atoms with E-state index in [4.69, 9.17) is 0 Å². The number of benzene rings is 1. The number of piperidine rings is 1. The van der Waals surface area contributed by atoms with Crippen LogP contribution in [-0.4, -0.2) is 46.3 Å². The number of nitrogens with one attached hydrogen (secondary N) is 1. The molecule has 0 spiro atoms. The van der Waals surface area contributed by atoms with E-state index in [1.165, 1.54) is 29.8 Å². The van der Waals surface area contributed by atoms with Crippen molar-refractivity contribution in [1.82, 2.24) is 5.32 Å². The van der Waals surface area contributed by atoms with Crippen molar-refractivity contribution in [3.8, 4) is 0 Å². The molecule has 25 heavy (non-hydrogen) atoms. The summed E-state index contributed by atoms with van der Waals surface area (Å²) in [5.74, 6) is -0.0823. The van der Waals surface area contributed by atoms with E-state index < -0.39 is 10.0 Å². The van der Waals surface area contributed by atoms with Crippen LogP contribution in [0.3, 0.4) is 0 Å². The summed E-state index contributed by atoms with van der Waals surface area (Å²) in [5, 5.41) is 2.90. The lowest BCUT2D eigenvalue weighted by Crippen LogP contribution is -2.35. The van der Waals surface area contributed by atoms with Crippen LogP contribution in [0, 0.1) is 0 Å². The minimum Gasteiger partial charge on any atom is -0.372 e. The molecule has 138 valence electrons. The van der Waals surface area contributed by atoms with Crippen LogP contribution in [0.2, 0.25) is 0 Å². The van der Waals surface area contributed by atoms with Crippen LogP contribution in [0.1, 0.15) is 38.5 Å². The van der Waals surface area contributed by atoms with Crippen LogP contribution in [0.15, 0.2) is 24.3 Å². The predicted molar refractivity (Wildman–Crippen MR) is 100 cm³/mol. The molecule has 1 amide bonds. The molecule has 1 heterocycles. The number of hydrogen-bond donors (Lipinski definition) is 1. The van der Waals surface area contributed by atoms with Crippen molar-refractivity contribution in [3.05, 3.63) is 24.3 Å². The highest BCUT2D eigenvalue weighted by molar-refractivity contribution is 7.92. The Morgan fingerprint density at radius 2 is 1.80 bits per heavy atom. The van der Waals surface area contributed by atoms with E-state index in [2.05, 4.69) is 10.2 Å². The summed E-state index contributed by atoms with van der Waals surface area (Å²) in [6.45, 7) is 2.27. The number of sulfonamides is 1. The summed E-state index contributed by atoms with van der Waals surface area (Å²) in [7, 11) is -3.42. The normalized spacial score (nSPS) is 18.0. The number of nitrogens with zero attached hydrogens (tertiary/aromatic N) is 2. The average molecular weight is 365 g/mol. The fourth-order valence-corrected chi connectivity index (χ4v) is 4.13. The van der Waals surface area contributed by atoms with Crippen LogP contribution < -0.4 is 14.5 Å². The number of rotatable bonds is 7. The second kappa shape index (κ2) is 7.64. The van der Waals surface area contributed by atoms with Gasteiger partial charge in [-0.25, -0.2) is 8.42 Å². The standard InChI is InChI=1S/C18H27N3O3S/c1-25(23,24)21(14-11-18(22)19-15-5-6-15)17-9-7-16(8-10-17)20-12-3-2-4-13-20/h7-10,15H,2-6,11-14H2,1H3,(H,19,22). The fourth-order valence-electron chi connectivity index (χ4n) is 3.20. The Kier molecular flexibility index (Phi) is 5.51. The van der Waals surface area contributed by atoms with Gasteiger partial charge >= 0.3 is 0 Å². The molecular weight excluding hydrogens is 338 g/mol. The van der Waals surface area contributed by atoms with E-state index in [0.29, 0.717) is 11.7 Å². The molecule has 1 aliphatic carbocycles.